The van der Waals surface area contributed by atoms with E-state index in [1.165, 1.54) is 0 Å². The second-order valence-corrected chi connectivity index (χ2v) is 6.11. The normalized spacial score (nSPS) is 11.2. The molecule has 0 fully saturated rings. The highest BCUT2D eigenvalue weighted by Crippen LogP contribution is 2.14. The van der Waals surface area contributed by atoms with Crippen LogP contribution >= 0.6 is 0 Å². The van der Waals surface area contributed by atoms with Crippen LogP contribution in [0.3, 0.4) is 0 Å². The van der Waals surface area contributed by atoms with Gasteiger partial charge in [-0.15, -0.1) is 0 Å². The lowest BCUT2D eigenvalue weighted by atomic mass is 10.1. The number of hydrogen-bond acceptors (Lipinski definition) is 4. The van der Waals surface area contributed by atoms with Crippen LogP contribution in [0.25, 0.3) is 11.0 Å². The first-order valence-corrected chi connectivity index (χ1v) is 8.60. The van der Waals surface area contributed by atoms with Gasteiger partial charge >= 0.3 is 5.69 Å². The predicted octanol–water partition coefficient (Wildman–Crippen LogP) is 1.64. The lowest BCUT2D eigenvalue weighted by Crippen LogP contribution is -2.23. The second kappa shape index (κ2) is 7.57. The first-order chi connectivity index (χ1) is 12.5. The number of nitrogens with zero attached hydrogens (tertiary/aromatic N) is 2. The van der Waals surface area contributed by atoms with Crippen molar-refractivity contribution in [2.45, 2.75) is 33.9 Å². The fraction of sp³-hybridized carbons (Fsp3) is 0.389. The van der Waals surface area contributed by atoms with Crippen LogP contribution in [0.2, 0.25) is 0 Å². The molecule has 0 atom stereocenters. The van der Waals surface area contributed by atoms with E-state index in [1.807, 2.05) is 20.8 Å². The Morgan fingerprint density at radius 2 is 2.15 bits per heavy atom. The average Bonchev–Trinajstić information content (AvgIpc) is 3.11. The molecular formula is C18H23N5O3. The van der Waals surface area contributed by atoms with E-state index in [1.54, 1.807) is 22.8 Å². The predicted molar refractivity (Wildman–Crippen MR) is 98.3 cm³/mol. The van der Waals surface area contributed by atoms with Crippen molar-refractivity contribution in [3.8, 4) is 0 Å². The zero-order valence-corrected chi connectivity index (χ0v) is 15.2. The van der Waals surface area contributed by atoms with Crippen LogP contribution in [0.1, 0.15) is 34.2 Å². The fourth-order valence-electron chi connectivity index (χ4n) is 2.93. The molecule has 3 aromatic rings. The summed E-state index contributed by atoms with van der Waals surface area (Å²) in [5.74, 6) is -0.199. The summed E-state index contributed by atoms with van der Waals surface area (Å²) in [6.07, 6.45) is 0. The number of carbonyl (C=O) groups excluding carboxylic acids is 1. The number of H-pyrrole nitrogens is 2. The number of aromatic amines is 2. The molecule has 2 aromatic heterocycles. The third-order valence-corrected chi connectivity index (χ3v) is 4.41. The third-order valence-electron chi connectivity index (χ3n) is 4.41. The van der Waals surface area contributed by atoms with E-state index in [9.17, 15) is 9.59 Å². The quantitative estimate of drug-likeness (QED) is 0.559. The van der Waals surface area contributed by atoms with Crippen LogP contribution < -0.4 is 11.0 Å². The Balaban J connectivity index is 1.76. The molecule has 0 spiro atoms. The molecule has 8 heteroatoms. The molecule has 8 nitrogen and oxygen atoms in total. The van der Waals surface area contributed by atoms with Crippen LogP contribution in [-0.4, -0.2) is 38.9 Å². The largest absolute Gasteiger partial charge is 0.380 e. The summed E-state index contributed by atoms with van der Waals surface area (Å²) in [5, 5.41) is 9.92. The fourth-order valence-corrected chi connectivity index (χ4v) is 2.93. The van der Waals surface area contributed by atoms with Crippen molar-refractivity contribution in [1.29, 1.82) is 0 Å². The van der Waals surface area contributed by atoms with Crippen molar-refractivity contribution in [2.75, 3.05) is 13.2 Å². The zero-order chi connectivity index (χ0) is 18.7. The SMILES string of the molecule is CCOCCn1c(=O)[nH]c2cc(C(=O)NCc3c(C)n[nH]c3C)ccc21. The van der Waals surface area contributed by atoms with Gasteiger partial charge in [-0.1, -0.05) is 0 Å². The van der Waals surface area contributed by atoms with E-state index in [0.29, 0.717) is 37.4 Å². The van der Waals surface area contributed by atoms with Gasteiger partial charge in [-0.2, -0.15) is 5.10 Å². The smallest absolute Gasteiger partial charge is 0.326 e. The molecule has 1 amide bonds. The van der Waals surface area contributed by atoms with Gasteiger partial charge in [0.1, 0.15) is 0 Å². The van der Waals surface area contributed by atoms with Crippen molar-refractivity contribution >= 4 is 16.9 Å². The molecule has 0 bridgehead atoms. The summed E-state index contributed by atoms with van der Waals surface area (Å²) in [7, 11) is 0. The average molecular weight is 357 g/mol. The van der Waals surface area contributed by atoms with Gasteiger partial charge in [-0.05, 0) is 39.0 Å². The van der Waals surface area contributed by atoms with Crippen LogP contribution in [0.15, 0.2) is 23.0 Å². The highest BCUT2D eigenvalue weighted by Gasteiger charge is 2.13. The van der Waals surface area contributed by atoms with Gasteiger partial charge in [0.2, 0.25) is 0 Å². The number of nitrogens with one attached hydrogen (secondary N) is 3. The standard InChI is InChI=1S/C18H23N5O3/c1-4-26-8-7-23-16-6-5-13(9-15(16)20-18(23)25)17(24)19-10-14-11(2)21-22-12(14)3/h5-6,9H,4,7-8,10H2,1-3H3,(H,19,24)(H,20,25)(H,21,22). The number of benzene rings is 1. The van der Waals surface area contributed by atoms with E-state index >= 15 is 0 Å². The molecular weight excluding hydrogens is 334 g/mol. The maximum absolute atomic E-state index is 12.4. The number of ether oxygens (including phenoxy) is 1. The molecule has 3 N–H and O–H groups in total. The molecule has 0 aliphatic carbocycles. The number of rotatable bonds is 7. The number of fused-ring (bicyclic) bond motifs is 1. The number of amides is 1. The molecule has 26 heavy (non-hydrogen) atoms. The molecule has 0 radical (unpaired) electrons. The van der Waals surface area contributed by atoms with Crippen LogP contribution in [-0.2, 0) is 17.8 Å². The molecule has 0 unspecified atom stereocenters. The molecule has 1 aromatic carbocycles. The maximum atomic E-state index is 12.4. The Morgan fingerprint density at radius 3 is 2.85 bits per heavy atom. The van der Waals surface area contributed by atoms with E-state index in [4.69, 9.17) is 4.74 Å². The maximum Gasteiger partial charge on any atom is 0.326 e. The Labute approximate surface area is 150 Å². The van der Waals surface area contributed by atoms with Crippen LogP contribution in [0.5, 0.6) is 0 Å². The van der Waals surface area contributed by atoms with Crippen LogP contribution in [0.4, 0.5) is 0 Å². The van der Waals surface area contributed by atoms with Crippen molar-refractivity contribution in [3.63, 3.8) is 0 Å². The Morgan fingerprint density at radius 1 is 1.35 bits per heavy atom. The van der Waals surface area contributed by atoms with Gasteiger partial charge in [0, 0.05) is 30.0 Å². The summed E-state index contributed by atoms with van der Waals surface area (Å²) in [4.78, 5) is 27.4. The van der Waals surface area contributed by atoms with E-state index in [2.05, 4.69) is 20.5 Å². The van der Waals surface area contributed by atoms with Gasteiger partial charge < -0.3 is 15.0 Å². The Hall–Kier alpha value is -2.87. The number of hydrogen-bond donors (Lipinski definition) is 3. The summed E-state index contributed by atoms with van der Waals surface area (Å²) in [6.45, 7) is 7.67. The minimum Gasteiger partial charge on any atom is -0.380 e. The molecule has 0 saturated heterocycles. The topological polar surface area (TPSA) is 105 Å². The first kappa shape index (κ1) is 17.9. The van der Waals surface area contributed by atoms with Crippen molar-refractivity contribution in [2.24, 2.45) is 0 Å². The Kier molecular flexibility index (Phi) is 5.22. The van der Waals surface area contributed by atoms with E-state index in [0.717, 1.165) is 22.5 Å². The highest BCUT2D eigenvalue weighted by molar-refractivity contribution is 5.97. The summed E-state index contributed by atoms with van der Waals surface area (Å²) in [5.41, 5.74) is 4.47. The molecule has 0 saturated carbocycles. The minimum absolute atomic E-state index is 0.199. The van der Waals surface area contributed by atoms with Gasteiger partial charge in [0.05, 0.1) is 29.9 Å². The molecule has 3 rings (SSSR count). The third kappa shape index (κ3) is 3.55. The zero-order valence-electron chi connectivity index (χ0n) is 15.2. The number of aromatic nitrogens is 4. The highest BCUT2D eigenvalue weighted by atomic mass is 16.5. The summed E-state index contributed by atoms with van der Waals surface area (Å²) < 4.78 is 6.93. The lowest BCUT2D eigenvalue weighted by Gasteiger charge is -2.07. The first-order valence-electron chi connectivity index (χ1n) is 8.60. The molecule has 0 aliphatic heterocycles. The Bertz CT molecular complexity index is 963. The summed E-state index contributed by atoms with van der Waals surface area (Å²) in [6, 6.07) is 5.19. The molecule has 138 valence electrons. The van der Waals surface area contributed by atoms with Crippen LogP contribution in [0, 0.1) is 13.8 Å². The van der Waals surface area contributed by atoms with Crippen molar-refractivity contribution in [1.82, 2.24) is 25.1 Å². The van der Waals surface area contributed by atoms with Gasteiger partial charge in [-0.3, -0.25) is 14.5 Å². The van der Waals surface area contributed by atoms with Crippen molar-refractivity contribution in [3.05, 3.63) is 51.2 Å². The lowest BCUT2D eigenvalue weighted by molar-refractivity contribution is 0.0951. The van der Waals surface area contributed by atoms with Gasteiger partial charge in [0.25, 0.3) is 5.91 Å². The molecule has 2 heterocycles. The van der Waals surface area contributed by atoms with E-state index < -0.39 is 0 Å². The number of carbonyl (C=O) groups is 1. The van der Waals surface area contributed by atoms with E-state index in [-0.39, 0.29) is 11.6 Å². The number of imidazole rings is 1. The second-order valence-electron chi connectivity index (χ2n) is 6.11. The van der Waals surface area contributed by atoms with Crippen molar-refractivity contribution < 1.29 is 9.53 Å². The molecule has 0 aliphatic rings. The number of aryl methyl sites for hydroxylation is 2. The van der Waals surface area contributed by atoms with Gasteiger partial charge in [-0.25, -0.2) is 4.79 Å². The minimum atomic E-state index is -0.207. The summed E-state index contributed by atoms with van der Waals surface area (Å²) >= 11 is 0. The van der Waals surface area contributed by atoms with Gasteiger partial charge in [0.15, 0.2) is 0 Å². The monoisotopic (exact) mass is 357 g/mol.